The van der Waals surface area contributed by atoms with Crippen LogP contribution < -0.4 is 5.73 Å². The summed E-state index contributed by atoms with van der Waals surface area (Å²) in [6, 6.07) is 5.60. The van der Waals surface area contributed by atoms with Crippen LogP contribution in [0.25, 0.3) is 0 Å². The number of hydrogen-bond donors (Lipinski definition) is 1. The monoisotopic (exact) mass is 285 g/mol. The van der Waals surface area contributed by atoms with Crippen LogP contribution in [0, 0.1) is 5.41 Å². The van der Waals surface area contributed by atoms with Crippen molar-refractivity contribution in [1.82, 2.24) is 0 Å². The van der Waals surface area contributed by atoms with Crippen molar-refractivity contribution >= 4 is 23.2 Å². The minimum atomic E-state index is -0.354. The molecule has 0 atom stereocenters. The summed E-state index contributed by atoms with van der Waals surface area (Å²) in [5.41, 5.74) is 7.45. The minimum absolute atomic E-state index is 0.354. The van der Waals surface area contributed by atoms with Crippen LogP contribution in [0.3, 0.4) is 0 Å². The number of ether oxygens (including phenoxy) is 1. The average Bonchev–Trinajstić information content (AvgIpc) is 2.28. The Morgan fingerprint density at radius 1 is 1.06 bits per heavy atom. The lowest BCUT2D eigenvalue weighted by Crippen LogP contribution is -2.57. The smallest absolute Gasteiger partial charge is 0.0471 e. The highest BCUT2D eigenvalue weighted by Crippen LogP contribution is 2.59. The van der Waals surface area contributed by atoms with Gasteiger partial charge in [-0.3, -0.25) is 0 Å². The molecule has 4 heteroatoms. The second-order valence-electron chi connectivity index (χ2n) is 5.72. The molecule has 3 rings (SSSR count). The SMILES string of the molecule is NC1(c2c(Cl)cccc2Cl)CC2(CCOCC2)C1. The van der Waals surface area contributed by atoms with Crippen LogP contribution in [-0.2, 0) is 10.3 Å². The zero-order chi connectivity index (χ0) is 12.8. The highest BCUT2D eigenvalue weighted by atomic mass is 35.5. The van der Waals surface area contributed by atoms with E-state index in [1.807, 2.05) is 18.2 Å². The third-order valence-corrected chi connectivity index (χ3v) is 5.02. The number of benzene rings is 1. The van der Waals surface area contributed by atoms with Crippen LogP contribution in [0.2, 0.25) is 10.0 Å². The van der Waals surface area contributed by atoms with Gasteiger partial charge in [-0.1, -0.05) is 29.3 Å². The van der Waals surface area contributed by atoms with E-state index in [0.29, 0.717) is 15.5 Å². The molecule has 0 bridgehead atoms. The van der Waals surface area contributed by atoms with E-state index in [4.69, 9.17) is 33.7 Å². The van der Waals surface area contributed by atoms with Gasteiger partial charge >= 0.3 is 0 Å². The van der Waals surface area contributed by atoms with Gasteiger partial charge in [0, 0.05) is 34.4 Å². The number of hydrogen-bond acceptors (Lipinski definition) is 2. The summed E-state index contributed by atoms with van der Waals surface area (Å²) in [5.74, 6) is 0. The summed E-state index contributed by atoms with van der Waals surface area (Å²) in [7, 11) is 0. The topological polar surface area (TPSA) is 35.2 Å². The summed E-state index contributed by atoms with van der Waals surface area (Å²) >= 11 is 12.5. The number of rotatable bonds is 1. The second-order valence-corrected chi connectivity index (χ2v) is 6.53. The Balaban J connectivity index is 1.86. The van der Waals surface area contributed by atoms with E-state index < -0.39 is 0 Å². The molecule has 1 aliphatic carbocycles. The van der Waals surface area contributed by atoms with Crippen molar-refractivity contribution in [3.8, 4) is 0 Å². The largest absolute Gasteiger partial charge is 0.381 e. The van der Waals surface area contributed by atoms with Gasteiger partial charge in [0.1, 0.15) is 0 Å². The van der Waals surface area contributed by atoms with E-state index in [0.717, 1.165) is 44.5 Å². The molecule has 0 radical (unpaired) electrons. The molecule has 2 fully saturated rings. The van der Waals surface area contributed by atoms with E-state index in [9.17, 15) is 0 Å². The van der Waals surface area contributed by atoms with Crippen LogP contribution in [0.5, 0.6) is 0 Å². The predicted molar refractivity (Wildman–Crippen MR) is 74.0 cm³/mol. The zero-order valence-corrected chi connectivity index (χ0v) is 11.7. The normalized spacial score (nSPS) is 24.8. The molecule has 1 aliphatic heterocycles. The molecule has 0 aromatic heterocycles. The fourth-order valence-corrected chi connectivity index (χ4v) is 4.37. The molecule has 1 saturated carbocycles. The van der Waals surface area contributed by atoms with Gasteiger partial charge in [0.05, 0.1) is 0 Å². The molecule has 98 valence electrons. The molecule has 1 saturated heterocycles. The molecule has 1 heterocycles. The quantitative estimate of drug-likeness (QED) is 0.853. The van der Waals surface area contributed by atoms with Crippen molar-refractivity contribution < 1.29 is 4.74 Å². The molecule has 2 nitrogen and oxygen atoms in total. The zero-order valence-electron chi connectivity index (χ0n) is 10.2. The standard InChI is InChI=1S/C14H17Cl2NO/c15-10-2-1-3-11(16)12(10)14(17)8-13(9-14)4-6-18-7-5-13/h1-3H,4-9,17H2. The fourth-order valence-electron chi connectivity index (χ4n) is 3.59. The molecular weight excluding hydrogens is 269 g/mol. The molecule has 18 heavy (non-hydrogen) atoms. The Labute approximate surface area is 117 Å². The molecule has 0 amide bonds. The van der Waals surface area contributed by atoms with Gasteiger partial charge in [-0.2, -0.15) is 0 Å². The maximum atomic E-state index is 6.52. The minimum Gasteiger partial charge on any atom is -0.381 e. The van der Waals surface area contributed by atoms with Gasteiger partial charge in [-0.05, 0) is 43.2 Å². The molecule has 1 spiro atoms. The van der Waals surface area contributed by atoms with Gasteiger partial charge in [-0.15, -0.1) is 0 Å². The van der Waals surface area contributed by atoms with Gasteiger partial charge in [-0.25, -0.2) is 0 Å². The molecule has 1 aromatic rings. The predicted octanol–water partition coefficient (Wildman–Crippen LogP) is 3.74. The fraction of sp³-hybridized carbons (Fsp3) is 0.571. The van der Waals surface area contributed by atoms with Crippen LogP contribution in [0.15, 0.2) is 18.2 Å². The molecule has 2 aliphatic rings. The van der Waals surface area contributed by atoms with Gasteiger partial charge in [0.2, 0.25) is 0 Å². The molecule has 2 N–H and O–H groups in total. The van der Waals surface area contributed by atoms with E-state index in [1.54, 1.807) is 0 Å². The lowest BCUT2D eigenvalue weighted by Gasteiger charge is -2.56. The van der Waals surface area contributed by atoms with E-state index in [-0.39, 0.29) is 5.54 Å². The van der Waals surface area contributed by atoms with Crippen LogP contribution in [-0.4, -0.2) is 13.2 Å². The Morgan fingerprint density at radius 2 is 1.61 bits per heavy atom. The highest BCUT2D eigenvalue weighted by molar-refractivity contribution is 6.36. The summed E-state index contributed by atoms with van der Waals surface area (Å²) in [6.07, 6.45) is 4.14. The summed E-state index contributed by atoms with van der Waals surface area (Å²) in [4.78, 5) is 0. The first-order chi connectivity index (χ1) is 8.55. The second kappa shape index (κ2) is 4.38. The summed E-state index contributed by atoms with van der Waals surface area (Å²) < 4.78 is 5.43. The van der Waals surface area contributed by atoms with Crippen LogP contribution >= 0.6 is 23.2 Å². The average molecular weight is 286 g/mol. The van der Waals surface area contributed by atoms with Crippen molar-refractivity contribution in [3.05, 3.63) is 33.8 Å². The van der Waals surface area contributed by atoms with Gasteiger partial charge < -0.3 is 10.5 Å². The Morgan fingerprint density at radius 3 is 2.17 bits per heavy atom. The maximum Gasteiger partial charge on any atom is 0.0471 e. The van der Waals surface area contributed by atoms with Crippen LogP contribution in [0.4, 0.5) is 0 Å². The first-order valence-electron chi connectivity index (χ1n) is 6.36. The lowest BCUT2D eigenvalue weighted by atomic mass is 9.52. The third-order valence-electron chi connectivity index (χ3n) is 4.40. The molecule has 0 unspecified atom stereocenters. The first-order valence-corrected chi connectivity index (χ1v) is 7.12. The Kier molecular flexibility index (Phi) is 3.10. The lowest BCUT2D eigenvalue weighted by molar-refractivity contribution is -0.0724. The van der Waals surface area contributed by atoms with Gasteiger partial charge in [0.15, 0.2) is 0 Å². The van der Waals surface area contributed by atoms with Crippen molar-refractivity contribution in [1.29, 1.82) is 0 Å². The Bertz CT molecular complexity index is 441. The Hall–Kier alpha value is -0.280. The van der Waals surface area contributed by atoms with Crippen molar-refractivity contribution in [2.24, 2.45) is 11.1 Å². The van der Waals surface area contributed by atoms with Crippen LogP contribution in [0.1, 0.15) is 31.2 Å². The summed E-state index contributed by atoms with van der Waals surface area (Å²) in [6.45, 7) is 1.71. The number of halogens is 2. The number of nitrogens with two attached hydrogens (primary N) is 1. The van der Waals surface area contributed by atoms with Crippen molar-refractivity contribution in [2.75, 3.05) is 13.2 Å². The highest BCUT2D eigenvalue weighted by Gasteiger charge is 2.54. The first kappa shape index (κ1) is 12.7. The van der Waals surface area contributed by atoms with E-state index in [1.165, 1.54) is 0 Å². The molecular formula is C14H17Cl2NO. The van der Waals surface area contributed by atoms with E-state index >= 15 is 0 Å². The van der Waals surface area contributed by atoms with E-state index in [2.05, 4.69) is 0 Å². The summed E-state index contributed by atoms with van der Waals surface area (Å²) in [5, 5.41) is 1.37. The van der Waals surface area contributed by atoms with Crippen molar-refractivity contribution in [3.63, 3.8) is 0 Å². The molecule has 1 aromatic carbocycles. The maximum absolute atomic E-state index is 6.52. The van der Waals surface area contributed by atoms with Crippen molar-refractivity contribution in [2.45, 2.75) is 31.2 Å². The van der Waals surface area contributed by atoms with Gasteiger partial charge in [0.25, 0.3) is 0 Å². The third kappa shape index (κ3) is 1.96.